The van der Waals surface area contributed by atoms with E-state index in [1.165, 1.54) is 11.1 Å². The lowest BCUT2D eigenvalue weighted by atomic mass is 10.1. The molecule has 0 unspecified atom stereocenters. The number of hydrogen-bond acceptors (Lipinski definition) is 2. The van der Waals surface area contributed by atoms with Crippen molar-refractivity contribution < 1.29 is 4.74 Å². The predicted molar refractivity (Wildman–Crippen MR) is 88.2 cm³/mol. The van der Waals surface area contributed by atoms with Gasteiger partial charge in [-0.15, -0.1) is 0 Å². The summed E-state index contributed by atoms with van der Waals surface area (Å²) in [7, 11) is 0. The molecule has 0 spiro atoms. The third-order valence-electron chi connectivity index (χ3n) is 2.90. The van der Waals surface area contributed by atoms with Gasteiger partial charge in [0.2, 0.25) is 0 Å². The minimum Gasteiger partial charge on any atom is -0.491 e. The van der Waals surface area contributed by atoms with E-state index in [1.807, 2.05) is 26.0 Å². The van der Waals surface area contributed by atoms with E-state index in [2.05, 4.69) is 51.2 Å². The maximum absolute atomic E-state index is 5.74. The number of ether oxygens (including phenoxy) is 1. The molecule has 0 aromatic heterocycles. The lowest BCUT2D eigenvalue weighted by Gasteiger charge is -2.21. The molecular weight excluding hydrogens is 246 g/mol. The van der Waals surface area contributed by atoms with Gasteiger partial charge in [0, 0.05) is 12.1 Å². The molecule has 0 saturated carbocycles. The van der Waals surface area contributed by atoms with Crippen molar-refractivity contribution in [3.8, 4) is 5.75 Å². The fourth-order valence-corrected chi connectivity index (χ4v) is 1.84. The molecule has 0 saturated heterocycles. The van der Waals surface area contributed by atoms with Gasteiger partial charge in [-0.3, -0.25) is 0 Å². The van der Waals surface area contributed by atoms with Crippen LogP contribution in [0.2, 0.25) is 0 Å². The summed E-state index contributed by atoms with van der Waals surface area (Å²) in [6.07, 6.45) is 3.52. The molecule has 2 heteroatoms. The third-order valence-corrected chi connectivity index (χ3v) is 2.90. The number of benzene rings is 1. The van der Waals surface area contributed by atoms with Gasteiger partial charge in [0.05, 0.1) is 6.10 Å². The Morgan fingerprint density at radius 1 is 1.30 bits per heavy atom. The second-order valence-corrected chi connectivity index (χ2v) is 6.50. The standard InChI is InChI=1S/C18H29NO/c1-7-15(13-19-18(4,5)6)11-16-9-8-10-17(12-16)20-14(2)3/h8-12,14,19H,7,13H2,1-6H3. The predicted octanol–water partition coefficient (Wildman–Crippen LogP) is 4.66. The Hall–Kier alpha value is -1.28. The maximum atomic E-state index is 5.74. The first-order chi connectivity index (χ1) is 9.30. The number of hydrogen-bond donors (Lipinski definition) is 1. The second-order valence-electron chi connectivity index (χ2n) is 6.50. The van der Waals surface area contributed by atoms with Crippen LogP contribution in [-0.4, -0.2) is 18.2 Å². The second kappa shape index (κ2) is 7.49. The van der Waals surface area contributed by atoms with Crippen LogP contribution in [-0.2, 0) is 0 Å². The van der Waals surface area contributed by atoms with Crippen LogP contribution >= 0.6 is 0 Å². The molecule has 20 heavy (non-hydrogen) atoms. The highest BCUT2D eigenvalue weighted by molar-refractivity contribution is 5.55. The summed E-state index contributed by atoms with van der Waals surface area (Å²) in [5.74, 6) is 0.938. The van der Waals surface area contributed by atoms with Crippen LogP contribution in [0.4, 0.5) is 0 Å². The Kier molecular flexibility index (Phi) is 6.28. The van der Waals surface area contributed by atoms with Gasteiger partial charge in [-0.25, -0.2) is 0 Å². The van der Waals surface area contributed by atoms with E-state index in [1.54, 1.807) is 0 Å². The largest absolute Gasteiger partial charge is 0.491 e. The molecule has 0 fully saturated rings. The summed E-state index contributed by atoms with van der Waals surface area (Å²) < 4.78 is 5.74. The molecule has 0 aliphatic rings. The van der Waals surface area contributed by atoms with Gasteiger partial charge < -0.3 is 10.1 Å². The van der Waals surface area contributed by atoms with E-state index >= 15 is 0 Å². The Bertz CT molecular complexity index is 441. The van der Waals surface area contributed by atoms with Crippen LogP contribution < -0.4 is 10.1 Å². The number of rotatable bonds is 6. The van der Waals surface area contributed by atoms with Crippen molar-refractivity contribution in [2.24, 2.45) is 0 Å². The van der Waals surface area contributed by atoms with Crippen LogP contribution in [0.5, 0.6) is 5.75 Å². The molecule has 0 atom stereocenters. The van der Waals surface area contributed by atoms with Crippen molar-refractivity contribution >= 4 is 6.08 Å². The van der Waals surface area contributed by atoms with Gasteiger partial charge in [0.1, 0.15) is 5.75 Å². The van der Waals surface area contributed by atoms with E-state index in [4.69, 9.17) is 4.74 Å². The first-order valence-corrected chi connectivity index (χ1v) is 7.51. The van der Waals surface area contributed by atoms with Crippen molar-refractivity contribution in [1.29, 1.82) is 0 Å². The van der Waals surface area contributed by atoms with Gasteiger partial charge in [-0.2, -0.15) is 0 Å². The van der Waals surface area contributed by atoms with Crippen molar-refractivity contribution in [3.05, 3.63) is 35.4 Å². The van der Waals surface area contributed by atoms with E-state index in [-0.39, 0.29) is 11.6 Å². The highest BCUT2D eigenvalue weighted by atomic mass is 16.5. The molecule has 0 aliphatic heterocycles. The van der Waals surface area contributed by atoms with Crippen LogP contribution in [0, 0.1) is 0 Å². The lowest BCUT2D eigenvalue weighted by molar-refractivity contribution is 0.242. The quantitative estimate of drug-likeness (QED) is 0.815. The zero-order chi connectivity index (χ0) is 15.2. The maximum Gasteiger partial charge on any atom is 0.120 e. The van der Waals surface area contributed by atoms with Crippen LogP contribution in [0.25, 0.3) is 6.08 Å². The highest BCUT2D eigenvalue weighted by Crippen LogP contribution is 2.18. The normalized spacial score (nSPS) is 12.8. The van der Waals surface area contributed by atoms with Crippen molar-refractivity contribution in [2.75, 3.05) is 6.54 Å². The van der Waals surface area contributed by atoms with Crippen molar-refractivity contribution in [3.63, 3.8) is 0 Å². The van der Waals surface area contributed by atoms with Gasteiger partial charge >= 0.3 is 0 Å². The van der Waals surface area contributed by atoms with Gasteiger partial charge in [0.25, 0.3) is 0 Å². The summed E-state index contributed by atoms with van der Waals surface area (Å²) in [4.78, 5) is 0. The summed E-state index contributed by atoms with van der Waals surface area (Å²) in [5.41, 5.74) is 2.76. The van der Waals surface area contributed by atoms with Crippen molar-refractivity contribution in [2.45, 2.75) is 59.6 Å². The minimum absolute atomic E-state index is 0.150. The molecule has 1 aromatic rings. The SMILES string of the molecule is CCC(=Cc1cccc(OC(C)C)c1)CNC(C)(C)C. The topological polar surface area (TPSA) is 21.3 Å². The average Bonchev–Trinajstić information content (AvgIpc) is 2.33. The molecule has 112 valence electrons. The van der Waals surface area contributed by atoms with E-state index in [0.29, 0.717) is 0 Å². The molecule has 0 amide bonds. The molecule has 0 bridgehead atoms. The van der Waals surface area contributed by atoms with E-state index in [9.17, 15) is 0 Å². The fourth-order valence-electron chi connectivity index (χ4n) is 1.84. The van der Waals surface area contributed by atoms with Gasteiger partial charge in [-0.05, 0) is 58.7 Å². The summed E-state index contributed by atoms with van der Waals surface area (Å²) in [6, 6.07) is 8.29. The van der Waals surface area contributed by atoms with Gasteiger partial charge in [0.15, 0.2) is 0 Å². The minimum atomic E-state index is 0.150. The third kappa shape index (κ3) is 6.76. The molecule has 0 aliphatic carbocycles. The Balaban J connectivity index is 2.79. The van der Waals surface area contributed by atoms with Crippen LogP contribution in [0.3, 0.4) is 0 Å². The smallest absolute Gasteiger partial charge is 0.120 e. The van der Waals surface area contributed by atoms with Crippen LogP contribution in [0.1, 0.15) is 53.5 Å². The average molecular weight is 275 g/mol. The first kappa shape index (κ1) is 16.8. The Labute approximate surface area is 124 Å². The van der Waals surface area contributed by atoms with E-state index < -0.39 is 0 Å². The zero-order valence-electron chi connectivity index (χ0n) is 13.8. The highest BCUT2D eigenvalue weighted by Gasteiger charge is 2.08. The molecule has 1 rings (SSSR count). The van der Waals surface area contributed by atoms with Crippen molar-refractivity contribution in [1.82, 2.24) is 5.32 Å². The molecule has 0 heterocycles. The molecular formula is C18H29NO. The summed E-state index contributed by atoms with van der Waals surface area (Å²) >= 11 is 0. The molecule has 0 radical (unpaired) electrons. The zero-order valence-corrected chi connectivity index (χ0v) is 13.8. The summed E-state index contributed by atoms with van der Waals surface area (Å²) in [5, 5.41) is 3.54. The molecule has 1 aromatic carbocycles. The Morgan fingerprint density at radius 2 is 2.00 bits per heavy atom. The summed E-state index contributed by atoms with van der Waals surface area (Å²) in [6.45, 7) is 13.8. The monoisotopic (exact) mass is 275 g/mol. The van der Waals surface area contributed by atoms with Gasteiger partial charge in [-0.1, -0.05) is 30.7 Å². The fraction of sp³-hybridized carbons (Fsp3) is 0.556. The number of nitrogens with one attached hydrogen (secondary N) is 1. The lowest BCUT2D eigenvalue weighted by Crippen LogP contribution is -2.36. The Morgan fingerprint density at radius 3 is 2.55 bits per heavy atom. The first-order valence-electron chi connectivity index (χ1n) is 7.51. The molecule has 2 nitrogen and oxygen atoms in total. The van der Waals surface area contributed by atoms with Crippen LogP contribution in [0.15, 0.2) is 29.8 Å². The van der Waals surface area contributed by atoms with E-state index in [0.717, 1.165) is 18.7 Å². The molecule has 1 N–H and O–H groups in total.